The number of hydrogen-bond acceptors (Lipinski definition) is 2. The minimum absolute atomic E-state index is 0.147. The van der Waals surface area contributed by atoms with Crippen LogP contribution in [0, 0.1) is 6.92 Å². The molecule has 122 valence electrons. The molecule has 1 aromatic carbocycles. The lowest BCUT2D eigenvalue weighted by Gasteiger charge is -2.32. The van der Waals surface area contributed by atoms with Crippen LogP contribution in [0.25, 0.3) is 11.0 Å². The molecule has 3 aromatic rings. The zero-order chi connectivity index (χ0) is 16.5. The van der Waals surface area contributed by atoms with Gasteiger partial charge in [0.25, 0.3) is 5.91 Å². The van der Waals surface area contributed by atoms with Crippen LogP contribution in [0.15, 0.2) is 48.8 Å². The lowest BCUT2D eigenvalue weighted by Crippen LogP contribution is -2.37. The Morgan fingerprint density at radius 1 is 1.17 bits per heavy atom. The second-order valence-electron chi connectivity index (χ2n) is 6.58. The summed E-state index contributed by atoms with van der Waals surface area (Å²) in [6, 6.07) is 12.0. The van der Waals surface area contributed by atoms with Crippen LogP contribution in [0.3, 0.4) is 0 Å². The van der Waals surface area contributed by atoms with Crippen LogP contribution in [-0.2, 0) is 0 Å². The number of rotatable bonds is 2. The van der Waals surface area contributed by atoms with E-state index in [1.807, 2.05) is 48.4 Å². The van der Waals surface area contributed by atoms with Crippen molar-refractivity contribution in [3.8, 4) is 0 Å². The Labute approximate surface area is 141 Å². The summed E-state index contributed by atoms with van der Waals surface area (Å²) in [5.74, 6) is 0.638. The van der Waals surface area contributed by atoms with Gasteiger partial charge in [0.2, 0.25) is 0 Å². The first-order valence-electron chi connectivity index (χ1n) is 8.50. The van der Waals surface area contributed by atoms with E-state index in [0.29, 0.717) is 5.92 Å². The van der Waals surface area contributed by atoms with Gasteiger partial charge in [-0.3, -0.25) is 4.79 Å². The normalized spacial score (nSPS) is 15.8. The van der Waals surface area contributed by atoms with E-state index in [4.69, 9.17) is 0 Å². The van der Waals surface area contributed by atoms with Crippen molar-refractivity contribution in [3.05, 3.63) is 65.5 Å². The van der Waals surface area contributed by atoms with Gasteiger partial charge < -0.3 is 9.88 Å². The number of amides is 1. The molecule has 1 amide bonds. The molecule has 4 rings (SSSR count). The van der Waals surface area contributed by atoms with Crippen LogP contribution in [0.2, 0.25) is 0 Å². The summed E-state index contributed by atoms with van der Waals surface area (Å²) in [6.07, 6.45) is 5.89. The average molecular weight is 319 g/mol. The topological polar surface area (TPSA) is 49.0 Å². The smallest absolute Gasteiger partial charge is 0.253 e. The molecule has 0 aliphatic carbocycles. The molecule has 1 aliphatic rings. The minimum atomic E-state index is 0.147. The van der Waals surface area contributed by atoms with E-state index in [-0.39, 0.29) is 5.91 Å². The molecule has 0 radical (unpaired) electrons. The van der Waals surface area contributed by atoms with Gasteiger partial charge in [-0.15, -0.1) is 0 Å². The number of nitrogens with zero attached hydrogens (tertiary/aromatic N) is 2. The van der Waals surface area contributed by atoms with Crippen molar-refractivity contribution in [2.24, 2.45) is 0 Å². The summed E-state index contributed by atoms with van der Waals surface area (Å²) in [5.41, 5.74) is 4.25. The van der Waals surface area contributed by atoms with E-state index in [1.165, 1.54) is 16.5 Å². The summed E-state index contributed by atoms with van der Waals surface area (Å²) in [5, 5.41) is 1.21. The van der Waals surface area contributed by atoms with Crippen LogP contribution in [0.1, 0.15) is 40.2 Å². The van der Waals surface area contributed by atoms with Crippen LogP contribution in [-0.4, -0.2) is 33.9 Å². The van der Waals surface area contributed by atoms with E-state index in [2.05, 4.69) is 22.2 Å². The third-order valence-corrected chi connectivity index (χ3v) is 5.00. The van der Waals surface area contributed by atoms with E-state index in [9.17, 15) is 4.79 Å². The van der Waals surface area contributed by atoms with Crippen LogP contribution < -0.4 is 0 Å². The molecule has 24 heavy (non-hydrogen) atoms. The first-order chi connectivity index (χ1) is 11.7. The summed E-state index contributed by atoms with van der Waals surface area (Å²) in [7, 11) is 0. The summed E-state index contributed by atoms with van der Waals surface area (Å²) >= 11 is 0. The maximum Gasteiger partial charge on any atom is 0.253 e. The van der Waals surface area contributed by atoms with E-state index in [0.717, 1.165) is 37.1 Å². The molecule has 0 unspecified atom stereocenters. The number of pyridine rings is 1. The van der Waals surface area contributed by atoms with Gasteiger partial charge in [-0.05, 0) is 55.5 Å². The van der Waals surface area contributed by atoms with Crippen molar-refractivity contribution < 1.29 is 4.79 Å². The van der Waals surface area contributed by atoms with Crippen molar-refractivity contribution in [2.75, 3.05) is 13.1 Å². The van der Waals surface area contributed by atoms with Gasteiger partial charge in [0.1, 0.15) is 5.65 Å². The largest absolute Gasteiger partial charge is 0.346 e. The summed E-state index contributed by atoms with van der Waals surface area (Å²) in [4.78, 5) is 22.2. The number of carbonyl (C=O) groups excluding carboxylic acids is 1. The zero-order valence-electron chi connectivity index (χ0n) is 13.8. The van der Waals surface area contributed by atoms with Crippen molar-refractivity contribution in [3.63, 3.8) is 0 Å². The Hall–Kier alpha value is -2.62. The molecule has 1 fully saturated rings. The highest BCUT2D eigenvalue weighted by atomic mass is 16.2. The van der Waals surface area contributed by atoms with E-state index >= 15 is 0 Å². The molecule has 2 aromatic heterocycles. The molecule has 4 heteroatoms. The van der Waals surface area contributed by atoms with Crippen LogP contribution >= 0.6 is 0 Å². The summed E-state index contributed by atoms with van der Waals surface area (Å²) in [6.45, 7) is 3.66. The number of piperidine rings is 1. The van der Waals surface area contributed by atoms with E-state index in [1.54, 1.807) is 0 Å². The number of fused-ring (bicyclic) bond motifs is 1. The maximum absolute atomic E-state index is 12.6. The standard InChI is InChI=1S/C20H21N3O/c1-14-4-6-16(7-5-14)20(24)23-11-8-15(9-12-23)18-13-22-19-17(18)3-2-10-21-19/h2-7,10,13,15H,8-9,11-12H2,1H3,(H,21,22). The molecule has 1 N–H and O–H groups in total. The van der Waals surface area contributed by atoms with Crippen molar-refractivity contribution >= 4 is 16.9 Å². The van der Waals surface area contributed by atoms with Crippen molar-refractivity contribution in [1.29, 1.82) is 0 Å². The number of benzene rings is 1. The molecule has 1 aliphatic heterocycles. The van der Waals surface area contributed by atoms with Crippen molar-refractivity contribution in [2.45, 2.75) is 25.7 Å². The van der Waals surface area contributed by atoms with E-state index < -0.39 is 0 Å². The van der Waals surface area contributed by atoms with Crippen LogP contribution in [0.5, 0.6) is 0 Å². The van der Waals surface area contributed by atoms with Gasteiger partial charge >= 0.3 is 0 Å². The molecule has 0 spiro atoms. The second kappa shape index (κ2) is 6.11. The number of H-pyrrole nitrogens is 1. The lowest BCUT2D eigenvalue weighted by molar-refractivity contribution is 0.0713. The Kier molecular flexibility index (Phi) is 3.81. The van der Waals surface area contributed by atoms with Gasteiger partial charge in [0, 0.05) is 36.4 Å². The Morgan fingerprint density at radius 2 is 1.92 bits per heavy atom. The third-order valence-electron chi connectivity index (χ3n) is 5.00. The van der Waals surface area contributed by atoms with Gasteiger partial charge in [-0.2, -0.15) is 0 Å². The Bertz CT molecular complexity index is 858. The molecule has 0 bridgehead atoms. The predicted molar refractivity (Wildman–Crippen MR) is 95.2 cm³/mol. The number of nitrogens with one attached hydrogen (secondary N) is 1. The van der Waals surface area contributed by atoms with Gasteiger partial charge in [0.15, 0.2) is 0 Å². The predicted octanol–water partition coefficient (Wildman–Crippen LogP) is 3.89. The SMILES string of the molecule is Cc1ccc(C(=O)N2CCC(c3c[nH]c4ncccc34)CC2)cc1. The zero-order valence-corrected chi connectivity index (χ0v) is 13.8. The minimum Gasteiger partial charge on any atom is -0.346 e. The monoisotopic (exact) mass is 319 g/mol. The number of likely N-dealkylation sites (tertiary alicyclic amines) is 1. The lowest BCUT2D eigenvalue weighted by atomic mass is 9.89. The second-order valence-corrected chi connectivity index (χ2v) is 6.58. The fraction of sp³-hybridized carbons (Fsp3) is 0.300. The number of hydrogen-bond donors (Lipinski definition) is 1. The van der Waals surface area contributed by atoms with Crippen LogP contribution in [0.4, 0.5) is 0 Å². The van der Waals surface area contributed by atoms with Crippen molar-refractivity contribution in [1.82, 2.24) is 14.9 Å². The highest BCUT2D eigenvalue weighted by molar-refractivity contribution is 5.94. The quantitative estimate of drug-likeness (QED) is 0.779. The fourth-order valence-electron chi connectivity index (χ4n) is 3.59. The molecule has 4 nitrogen and oxygen atoms in total. The highest BCUT2D eigenvalue weighted by Crippen LogP contribution is 2.32. The number of aromatic nitrogens is 2. The van der Waals surface area contributed by atoms with Gasteiger partial charge in [-0.25, -0.2) is 4.98 Å². The molecule has 3 heterocycles. The van der Waals surface area contributed by atoms with Gasteiger partial charge in [-0.1, -0.05) is 17.7 Å². The fourth-order valence-corrected chi connectivity index (χ4v) is 3.59. The third kappa shape index (κ3) is 2.68. The number of carbonyl (C=O) groups is 1. The molecule has 1 saturated heterocycles. The Balaban J connectivity index is 1.47. The molecule has 0 saturated carbocycles. The molecular weight excluding hydrogens is 298 g/mol. The Morgan fingerprint density at radius 3 is 2.67 bits per heavy atom. The number of aromatic amines is 1. The summed E-state index contributed by atoms with van der Waals surface area (Å²) < 4.78 is 0. The van der Waals surface area contributed by atoms with Gasteiger partial charge in [0.05, 0.1) is 0 Å². The number of aryl methyl sites for hydroxylation is 1. The first kappa shape index (κ1) is 14.9. The maximum atomic E-state index is 12.6. The molecule has 0 atom stereocenters. The molecular formula is C20H21N3O. The first-order valence-corrected chi connectivity index (χ1v) is 8.50. The highest BCUT2D eigenvalue weighted by Gasteiger charge is 2.26. The average Bonchev–Trinajstić information content (AvgIpc) is 3.06.